The van der Waals surface area contributed by atoms with Crippen molar-refractivity contribution in [2.24, 2.45) is 5.10 Å². The maximum atomic E-state index is 12.3. The van der Waals surface area contributed by atoms with Gasteiger partial charge in [0, 0.05) is 17.3 Å². The van der Waals surface area contributed by atoms with Crippen LogP contribution < -0.4 is 10.1 Å². The van der Waals surface area contributed by atoms with Gasteiger partial charge in [0.05, 0.1) is 23.3 Å². The lowest BCUT2D eigenvalue weighted by Crippen LogP contribution is -2.34. The van der Waals surface area contributed by atoms with Gasteiger partial charge in [0.25, 0.3) is 5.91 Å². The highest BCUT2D eigenvalue weighted by molar-refractivity contribution is 7.89. The van der Waals surface area contributed by atoms with Gasteiger partial charge in [-0.1, -0.05) is 66.2 Å². The van der Waals surface area contributed by atoms with E-state index in [-0.39, 0.29) is 4.90 Å². The smallest absolute Gasteiger partial charge is 0.255 e. The minimum Gasteiger partial charge on any atom is -0.272 e. The number of hydrogen-bond acceptors (Lipinski definition) is 5. The molecule has 4 rings (SSSR count). The second kappa shape index (κ2) is 10.2. The molecule has 172 valence electrons. The van der Waals surface area contributed by atoms with Crippen molar-refractivity contribution >= 4 is 22.1 Å². The van der Waals surface area contributed by atoms with Crippen LogP contribution in [0.1, 0.15) is 11.1 Å². The topological polar surface area (TPSA) is 105 Å². The van der Waals surface area contributed by atoms with Crippen molar-refractivity contribution in [2.45, 2.75) is 11.8 Å². The molecule has 0 aliphatic heterocycles. The minimum absolute atomic E-state index is 0.0855. The van der Waals surface area contributed by atoms with Crippen molar-refractivity contribution in [1.82, 2.24) is 19.9 Å². The van der Waals surface area contributed by atoms with Crippen molar-refractivity contribution in [2.75, 3.05) is 6.54 Å². The van der Waals surface area contributed by atoms with E-state index < -0.39 is 22.5 Å². The molecule has 0 atom stereocenters. The summed E-state index contributed by atoms with van der Waals surface area (Å²) in [4.78, 5) is 12.2. The van der Waals surface area contributed by atoms with E-state index in [0.717, 1.165) is 16.8 Å². The van der Waals surface area contributed by atoms with Crippen LogP contribution in [0.25, 0.3) is 16.9 Å². The van der Waals surface area contributed by atoms with Crippen LogP contribution in [-0.4, -0.2) is 36.9 Å². The Kier molecular flexibility index (Phi) is 6.95. The lowest BCUT2D eigenvalue weighted by Gasteiger charge is -2.05. The second-order valence-corrected chi connectivity index (χ2v) is 9.28. The second-order valence-electron chi connectivity index (χ2n) is 7.51. The average molecular weight is 474 g/mol. The maximum absolute atomic E-state index is 12.3. The average Bonchev–Trinajstić information content (AvgIpc) is 3.28. The maximum Gasteiger partial charge on any atom is 0.255 e. The molecule has 1 aromatic heterocycles. The molecule has 0 saturated carbocycles. The van der Waals surface area contributed by atoms with Gasteiger partial charge in [-0.3, -0.25) is 4.79 Å². The van der Waals surface area contributed by atoms with Gasteiger partial charge in [0.15, 0.2) is 0 Å². The molecule has 0 unspecified atom stereocenters. The molecule has 0 bridgehead atoms. The van der Waals surface area contributed by atoms with Gasteiger partial charge in [0.1, 0.15) is 5.69 Å². The van der Waals surface area contributed by atoms with Crippen LogP contribution >= 0.6 is 0 Å². The van der Waals surface area contributed by atoms with E-state index in [0.29, 0.717) is 11.3 Å². The Balaban J connectivity index is 1.49. The number of benzene rings is 3. The van der Waals surface area contributed by atoms with Crippen LogP contribution in [0.4, 0.5) is 0 Å². The molecule has 0 saturated heterocycles. The molecule has 0 aliphatic rings. The van der Waals surface area contributed by atoms with E-state index in [1.54, 1.807) is 22.9 Å². The Morgan fingerprint density at radius 2 is 1.62 bits per heavy atom. The van der Waals surface area contributed by atoms with Crippen molar-refractivity contribution < 1.29 is 13.2 Å². The molecular formula is C25H23N5O3S. The van der Waals surface area contributed by atoms with Crippen molar-refractivity contribution in [3.05, 3.63) is 102 Å². The first-order valence-corrected chi connectivity index (χ1v) is 12.0. The van der Waals surface area contributed by atoms with E-state index in [2.05, 4.69) is 15.2 Å². The fourth-order valence-corrected chi connectivity index (χ4v) is 4.19. The third-order valence-electron chi connectivity index (χ3n) is 4.96. The summed E-state index contributed by atoms with van der Waals surface area (Å²) in [5, 5.41) is 8.71. The highest BCUT2D eigenvalue weighted by Gasteiger charge is 2.15. The normalized spacial score (nSPS) is 11.6. The van der Waals surface area contributed by atoms with E-state index in [1.807, 2.05) is 67.7 Å². The quantitative estimate of drug-likeness (QED) is 0.303. The molecule has 0 fully saturated rings. The number of hydrogen-bond donors (Lipinski definition) is 2. The number of nitrogens with zero attached hydrogens (tertiary/aromatic N) is 3. The van der Waals surface area contributed by atoms with Crippen LogP contribution in [0, 0.1) is 6.92 Å². The van der Waals surface area contributed by atoms with Gasteiger partial charge >= 0.3 is 0 Å². The van der Waals surface area contributed by atoms with Gasteiger partial charge < -0.3 is 0 Å². The molecule has 0 radical (unpaired) electrons. The lowest BCUT2D eigenvalue weighted by molar-refractivity contribution is -0.119. The number of sulfonamides is 1. The van der Waals surface area contributed by atoms with Gasteiger partial charge in [-0.2, -0.15) is 10.2 Å². The van der Waals surface area contributed by atoms with E-state index in [9.17, 15) is 13.2 Å². The number of rotatable bonds is 8. The first kappa shape index (κ1) is 23.1. The number of amides is 1. The van der Waals surface area contributed by atoms with E-state index in [4.69, 9.17) is 5.10 Å². The third kappa shape index (κ3) is 5.64. The molecule has 1 heterocycles. The summed E-state index contributed by atoms with van der Waals surface area (Å²) in [6.07, 6.45) is 3.31. The summed E-state index contributed by atoms with van der Waals surface area (Å²) in [6.45, 7) is 1.57. The largest absolute Gasteiger partial charge is 0.272 e. The first-order chi connectivity index (χ1) is 16.4. The van der Waals surface area contributed by atoms with Crippen LogP contribution in [-0.2, 0) is 14.8 Å². The number of carbonyl (C=O) groups excluding carboxylic acids is 1. The fraction of sp³-hybridized carbons (Fsp3) is 0.0800. The summed E-state index contributed by atoms with van der Waals surface area (Å²) in [7, 11) is -3.78. The van der Waals surface area contributed by atoms with E-state index >= 15 is 0 Å². The lowest BCUT2D eigenvalue weighted by atomic mass is 10.1. The molecule has 1 amide bonds. The zero-order valence-electron chi connectivity index (χ0n) is 18.4. The first-order valence-electron chi connectivity index (χ1n) is 10.5. The summed E-state index contributed by atoms with van der Waals surface area (Å²) in [6, 6.07) is 25.4. The Hall–Kier alpha value is -4.08. The van der Waals surface area contributed by atoms with Gasteiger partial charge in [-0.15, -0.1) is 0 Å². The molecule has 0 aliphatic carbocycles. The van der Waals surface area contributed by atoms with Crippen LogP contribution in [0.15, 0.2) is 101 Å². The summed E-state index contributed by atoms with van der Waals surface area (Å²) >= 11 is 0. The van der Waals surface area contributed by atoms with Gasteiger partial charge in [-0.05, 0) is 31.2 Å². The monoisotopic (exact) mass is 473 g/mol. The predicted molar refractivity (Wildman–Crippen MR) is 131 cm³/mol. The Bertz CT molecular complexity index is 1400. The molecule has 8 nitrogen and oxygen atoms in total. The number of aryl methyl sites for hydroxylation is 1. The van der Waals surface area contributed by atoms with Crippen molar-refractivity contribution in [3.63, 3.8) is 0 Å². The third-order valence-corrected chi connectivity index (χ3v) is 6.37. The number of carbonyl (C=O) groups is 1. The van der Waals surface area contributed by atoms with Crippen LogP contribution in [0.5, 0.6) is 0 Å². The molecule has 9 heteroatoms. The zero-order chi connectivity index (χ0) is 24.0. The van der Waals surface area contributed by atoms with Crippen LogP contribution in [0.3, 0.4) is 0 Å². The highest BCUT2D eigenvalue weighted by Crippen LogP contribution is 2.23. The Labute approximate surface area is 198 Å². The number of hydrazone groups is 1. The van der Waals surface area contributed by atoms with E-state index in [1.165, 1.54) is 18.3 Å². The van der Waals surface area contributed by atoms with Gasteiger partial charge in [-0.25, -0.2) is 23.2 Å². The summed E-state index contributed by atoms with van der Waals surface area (Å²) in [5.74, 6) is -0.594. The molecule has 2 N–H and O–H groups in total. The Morgan fingerprint density at radius 3 is 2.29 bits per heavy atom. The highest BCUT2D eigenvalue weighted by atomic mass is 32.2. The van der Waals surface area contributed by atoms with Crippen molar-refractivity contribution in [3.8, 4) is 16.9 Å². The molecular weight excluding hydrogens is 450 g/mol. The summed E-state index contributed by atoms with van der Waals surface area (Å²) in [5.41, 5.74) is 6.67. The SMILES string of the molecule is Cc1ccc(-c2nn(-c3ccccc3)cc2C=NNC(=O)CNS(=O)(=O)c2ccccc2)cc1. The molecule has 0 spiro atoms. The molecule has 34 heavy (non-hydrogen) atoms. The number of para-hydroxylation sites is 1. The standard InChI is InChI=1S/C25H23N5O3S/c1-19-12-14-20(15-13-19)25-21(18-30(29-25)22-8-4-2-5-9-22)16-26-28-24(31)17-27-34(32,33)23-10-6-3-7-11-23/h2-16,18,27H,17H2,1H3,(H,28,31). The summed E-state index contributed by atoms with van der Waals surface area (Å²) < 4.78 is 28.5. The van der Waals surface area contributed by atoms with Gasteiger partial charge in [0.2, 0.25) is 10.0 Å². The molecule has 3 aromatic carbocycles. The number of nitrogens with one attached hydrogen (secondary N) is 2. The molecule has 4 aromatic rings. The van der Waals surface area contributed by atoms with Crippen molar-refractivity contribution in [1.29, 1.82) is 0 Å². The minimum atomic E-state index is -3.78. The van der Waals surface area contributed by atoms with Crippen LogP contribution in [0.2, 0.25) is 0 Å². The fourth-order valence-electron chi connectivity index (χ4n) is 3.19. The predicted octanol–water partition coefficient (Wildman–Crippen LogP) is 3.28. The zero-order valence-corrected chi connectivity index (χ0v) is 19.2. The Morgan fingerprint density at radius 1 is 0.971 bits per heavy atom. The number of aromatic nitrogens is 2.